The van der Waals surface area contributed by atoms with Crippen molar-refractivity contribution >= 4 is 11.6 Å². The predicted molar refractivity (Wildman–Crippen MR) is 181 cm³/mol. The van der Waals surface area contributed by atoms with Crippen LogP contribution in [-0.2, 0) is 17.7 Å². The highest BCUT2D eigenvalue weighted by Gasteiger charge is 2.20. The van der Waals surface area contributed by atoms with Crippen molar-refractivity contribution in [1.82, 2.24) is 9.55 Å². The molecule has 2 N–H and O–H groups in total. The Kier molecular flexibility index (Phi) is 8.76. The molecule has 0 amide bonds. The number of pyridine rings is 2. The van der Waals surface area contributed by atoms with E-state index in [1.54, 1.807) is 12.4 Å². The number of carbonyl (C=O) groups is 1. The van der Waals surface area contributed by atoms with Crippen LogP contribution < -0.4 is 11.2 Å². The van der Waals surface area contributed by atoms with Gasteiger partial charge in [-0.05, 0) is 67.9 Å². The second-order valence-corrected chi connectivity index (χ2v) is 12.4. The molecule has 0 aliphatic carbocycles. The molecule has 0 bridgehead atoms. The summed E-state index contributed by atoms with van der Waals surface area (Å²) in [5.74, 6) is 0.698. The van der Waals surface area contributed by atoms with E-state index in [9.17, 15) is 9.59 Å². The summed E-state index contributed by atoms with van der Waals surface area (Å²) in [7, 11) is 0. The highest BCUT2D eigenvalue weighted by atomic mass is 16.5. The summed E-state index contributed by atoms with van der Waals surface area (Å²) in [6.45, 7) is 8.42. The molecule has 0 spiro atoms. The first kappa shape index (κ1) is 30.2. The van der Waals surface area contributed by atoms with Crippen molar-refractivity contribution < 1.29 is 9.53 Å². The van der Waals surface area contributed by atoms with Crippen molar-refractivity contribution in [3.05, 3.63) is 129 Å². The molecule has 6 rings (SSSR count). The lowest BCUT2D eigenvalue weighted by Gasteiger charge is -2.23. The summed E-state index contributed by atoms with van der Waals surface area (Å²) in [5, 5.41) is 0. The van der Waals surface area contributed by atoms with Crippen LogP contribution in [0.25, 0.3) is 33.4 Å². The lowest BCUT2D eigenvalue weighted by atomic mass is 9.96. The molecule has 0 unspecified atom stereocenters. The molecule has 0 atom stereocenters. The van der Waals surface area contributed by atoms with E-state index >= 15 is 0 Å². The zero-order valence-corrected chi connectivity index (χ0v) is 26.2. The number of aromatic nitrogens is 2. The lowest BCUT2D eigenvalue weighted by Crippen LogP contribution is -2.25. The molecular formula is C39H39N3O3. The average Bonchev–Trinajstić information content (AvgIpc) is 3.03. The molecule has 0 radical (unpaired) electrons. The van der Waals surface area contributed by atoms with E-state index < -0.39 is 0 Å². The number of carbonyl (C=O) groups excluding carboxylic acids is 1. The first-order chi connectivity index (χ1) is 21.7. The topological polar surface area (TPSA) is 87.2 Å². The van der Waals surface area contributed by atoms with E-state index in [4.69, 9.17) is 10.5 Å². The summed E-state index contributed by atoms with van der Waals surface area (Å²) in [6, 6.07) is 24.2. The summed E-state index contributed by atoms with van der Waals surface area (Å²) in [4.78, 5) is 31.9. The first-order valence-corrected chi connectivity index (χ1v) is 15.6. The molecular weight excluding hydrogens is 558 g/mol. The minimum Gasteiger partial charge on any atom is -0.383 e. The minimum atomic E-state index is -0.231. The van der Waals surface area contributed by atoms with E-state index in [2.05, 4.69) is 43.1 Å². The fraction of sp³-hybridized carbons (Fsp3) is 0.256. The standard InChI is InChI=1S/C39H39N3O3/c1-25-4-8-31(9-5-25)35-23-42(22-29-12-14-45-15-13-29)24-36(38(35)44)37(43)19-28-6-10-30(11-7-28)34-20-33(21-41-39(34)40)32-17-26(2)16-27(3)18-32/h4-11,16-18,20-21,23-24,29H,12-15,19,22H2,1-3H3,(H2,40,41). The van der Waals surface area contributed by atoms with E-state index in [0.29, 0.717) is 17.3 Å². The van der Waals surface area contributed by atoms with E-state index in [0.717, 1.165) is 71.5 Å². The van der Waals surface area contributed by atoms with Gasteiger partial charge in [0.05, 0.1) is 5.56 Å². The van der Waals surface area contributed by atoms with Gasteiger partial charge in [-0.15, -0.1) is 0 Å². The number of anilines is 1. The molecule has 6 nitrogen and oxygen atoms in total. The molecule has 1 fully saturated rings. The third kappa shape index (κ3) is 6.97. The number of nitrogens with two attached hydrogens (primary N) is 1. The van der Waals surface area contributed by atoms with Gasteiger partial charge in [0, 0.05) is 61.5 Å². The summed E-state index contributed by atoms with van der Waals surface area (Å²) in [5.41, 5.74) is 15.9. The minimum absolute atomic E-state index is 0.125. The zero-order chi connectivity index (χ0) is 31.5. The number of ether oxygens (including phenoxy) is 1. The van der Waals surface area contributed by atoms with Gasteiger partial charge in [-0.25, -0.2) is 4.98 Å². The smallest absolute Gasteiger partial charge is 0.200 e. The van der Waals surface area contributed by atoms with Crippen LogP contribution in [-0.4, -0.2) is 28.5 Å². The Morgan fingerprint density at radius 3 is 2.13 bits per heavy atom. The van der Waals surface area contributed by atoms with Crippen molar-refractivity contribution in [2.45, 2.75) is 46.6 Å². The van der Waals surface area contributed by atoms with E-state index in [1.807, 2.05) is 66.2 Å². The normalized spacial score (nSPS) is 13.6. The van der Waals surface area contributed by atoms with Gasteiger partial charge in [-0.2, -0.15) is 0 Å². The molecule has 228 valence electrons. The fourth-order valence-corrected chi connectivity index (χ4v) is 6.19. The molecule has 1 aliphatic rings. The number of ketones is 1. The molecule has 1 aliphatic heterocycles. The number of hydrogen-bond acceptors (Lipinski definition) is 5. The number of nitrogens with zero attached hydrogens (tertiary/aromatic N) is 2. The molecule has 3 heterocycles. The van der Waals surface area contributed by atoms with Crippen LogP contribution in [0, 0.1) is 26.7 Å². The fourth-order valence-electron chi connectivity index (χ4n) is 6.19. The quantitative estimate of drug-likeness (QED) is 0.186. The number of rotatable bonds is 8. The SMILES string of the molecule is Cc1ccc(-c2cn(CC3CCOCC3)cc(C(=O)Cc3ccc(-c4cc(-c5cc(C)cc(C)c5)cnc4N)cc3)c2=O)cc1. The summed E-state index contributed by atoms with van der Waals surface area (Å²) in [6.07, 6.45) is 7.51. The van der Waals surface area contributed by atoms with Gasteiger partial charge in [0.1, 0.15) is 5.82 Å². The number of aryl methyl sites for hydroxylation is 3. The third-order valence-electron chi connectivity index (χ3n) is 8.66. The number of benzene rings is 3. The van der Waals surface area contributed by atoms with E-state index in [1.165, 1.54) is 11.1 Å². The van der Waals surface area contributed by atoms with Gasteiger partial charge in [0.2, 0.25) is 0 Å². The maximum absolute atomic E-state index is 13.7. The van der Waals surface area contributed by atoms with Gasteiger partial charge >= 0.3 is 0 Å². The number of nitrogen functional groups attached to an aromatic ring is 1. The van der Waals surface area contributed by atoms with Crippen molar-refractivity contribution in [3.63, 3.8) is 0 Å². The summed E-state index contributed by atoms with van der Waals surface area (Å²) < 4.78 is 7.57. The average molecular weight is 598 g/mol. The Morgan fingerprint density at radius 2 is 1.44 bits per heavy atom. The van der Waals surface area contributed by atoms with Gasteiger partial charge in [-0.3, -0.25) is 9.59 Å². The highest BCUT2D eigenvalue weighted by Crippen LogP contribution is 2.31. The monoisotopic (exact) mass is 597 g/mol. The van der Waals surface area contributed by atoms with Gasteiger partial charge in [0.15, 0.2) is 11.2 Å². The van der Waals surface area contributed by atoms with Crippen LogP contribution >= 0.6 is 0 Å². The second-order valence-electron chi connectivity index (χ2n) is 12.4. The van der Waals surface area contributed by atoms with Crippen LogP contribution in [0.15, 0.2) is 96.2 Å². The Balaban J connectivity index is 1.27. The molecule has 1 saturated heterocycles. The molecule has 3 aromatic carbocycles. The van der Waals surface area contributed by atoms with Crippen molar-refractivity contribution in [1.29, 1.82) is 0 Å². The largest absolute Gasteiger partial charge is 0.383 e. The van der Waals surface area contributed by atoms with Crippen LogP contribution in [0.4, 0.5) is 5.82 Å². The van der Waals surface area contributed by atoms with Crippen LogP contribution in [0.5, 0.6) is 0 Å². The van der Waals surface area contributed by atoms with Gasteiger partial charge in [0.25, 0.3) is 0 Å². The van der Waals surface area contributed by atoms with Crippen LogP contribution in [0.2, 0.25) is 0 Å². The second kappa shape index (κ2) is 13.0. The van der Waals surface area contributed by atoms with Crippen LogP contribution in [0.1, 0.15) is 45.5 Å². The Hall–Kier alpha value is -4.81. The first-order valence-electron chi connectivity index (χ1n) is 15.6. The Morgan fingerprint density at radius 1 is 0.800 bits per heavy atom. The van der Waals surface area contributed by atoms with Crippen molar-refractivity contribution in [2.75, 3.05) is 18.9 Å². The Labute approximate surface area is 264 Å². The maximum atomic E-state index is 13.7. The highest BCUT2D eigenvalue weighted by molar-refractivity contribution is 5.98. The van der Waals surface area contributed by atoms with Gasteiger partial charge in [-0.1, -0.05) is 83.4 Å². The van der Waals surface area contributed by atoms with Crippen LogP contribution in [0.3, 0.4) is 0 Å². The number of hydrogen-bond donors (Lipinski definition) is 1. The van der Waals surface area contributed by atoms with Crippen molar-refractivity contribution in [2.24, 2.45) is 5.92 Å². The molecule has 2 aromatic heterocycles. The zero-order valence-electron chi connectivity index (χ0n) is 26.2. The van der Waals surface area contributed by atoms with Crippen molar-refractivity contribution in [3.8, 4) is 33.4 Å². The lowest BCUT2D eigenvalue weighted by molar-refractivity contribution is 0.0612. The summed E-state index contributed by atoms with van der Waals surface area (Å²) >= 11 is 0. The maximum Gasteiger partial charge on any atom is 0.200 e. The van der Waals surface area contributed by atoms with E-state index in [-0.39, 0.29) is 23.2 Å². The molecule has 0 saturated carbocycles. The molecule has 6 heteroatoms. The molecule has 5 aromatic rings. The third-order valence-corrected chi connectivity index (χ3v) is 8.66. The molecule has 45 heavy (non-hydrogen) atoms. The number of Topliss-reactive ketones (excluding diaryl/α,β-unsaturated/α-hetero) is 1. The predicted octanol–water partition coefficient (Wildman–Crippen LogP) is 7.60. The van der Waals surface area contributed by atoms with Gasteiger partial charge < -0.3 is 15.0 Å². The Bertz CT molecular complexity index is 1880.